The van der Waals surface area contributed by atoms with E-state index in [0.717, 1.165) is 11.1 Å². The third kappa shape index (κ3) is 4.50. The lowest BCUT2D eigenvalue weighted by atomic mass is 10.1. The monoisotopic (exact) mass is 330 g/mol. The van der Waals surface area contributed by atoms with Gasteiger partial charge in [-0.15, -0.1) is 6.42 Å². The smallest absolute Gasteiger partial charge is 0.266 e. The zero-order chi connectivity index (χ0) is 18.2. The Morgan fingerprint density at radius 2 is 1.88 bits per heavy atom. The molecule has 0 unspecified atom stereocenters. The van der Waals surface area contributed by atoms with Gasteiger partial charge in [0.15, 0.2) is 0 Å². The average molecular weight is 330 g/mol. The lowest BCUT2D eigenvalue weighted by Gasteiger charge is -2.11. The molecule has 0 aliphatic heterocycles. The summed E-state index contributed by atoms with van der Waals surface area (Å²) in [6.07, 6.45) is 6.70. The van der Waals surface area contributed by atoms with Crippen LogP contribution in [0.5, 0.6) is 5.75 Å². The van der Waals surface area contributed by atoms with Crippen LogP contribution in [-0.2, 0) is 4.79 Å². The third-order valence-electron chi connectivity index (χ3n) is 3.61. The van der Waals surface area contributed by atoms with Crippen molar-refractivity contribution in [2.45, 2.75) is 13.8 Å². The van der Waals surface area contributed by atoms with Gasteiger partial charge in [-0.1, -0.05) is 42.3 Å². The molecule has 0 radical (unpaired) electrons. The number of amides is 1. The Labute approximate surface area is 147 Å². The minimum atomic E-state index is -0.466. The lowest BCUT2D eigenvalue weighted by Crippen LogP contribution is -2.15. The molecule has 2 aromatic rings. The van der Waals surface area contributed by atoms with Crippen LogP contribution in [0.25, 0.3) is 6.08 Å². The van der Waals surface area contributed by atoms with Gasteiger partial charge in [-0.05, 0) is 37.1 Å². The molecule has 1 N–H and O–H groups in total. The maximum absolute atomic E-state index is 12.5. The van der Waals surface area contributed by atoms with Gasteiger partial charge in [-0.25, -0.2) is 0 Å². The molecular weight excluding hydrogens is 312 g/mol. The van der Waals surface area contributed by atoms with Crippen molar-refractivity contribution in [3.63, 3.8) is 0 Å². The van der Waals surface area contributed by atoms with Crippen LogP contribution in [0, 0.1) is 37.5 Å². The molecule has 4 nitrogen and oxygen atoms in total. The number of carbonyl (C=O) groups excluding carboxylic acids is 1. The summed E-state index contributed by atoms with van der Waals surface area (Å²) >= 11 is 0. The molecule has 0 heterocycles. The van der Waals surface area contributed by atoms with Crippen molar-refractivity contribution in [2.24, 2.45) is 0 Å². The van der Waals surface area contributed by atoms with Gasteiger partial charge in [0.25, 0.3) is 5.91 Å². The first-order chi connectivity index (χ1) is 12.1. The first-order valence-electron chi connectivity index (χ1n) is 7.71. The van der Waals surface area contributed by atoms with Crippen molar-refractivity contribution < 1.29 is 9.53 Å². The van der Waals surface area contributed by atoms with Crippen LogP contribution < -0.4 is 10.1 Å². The number of hydrogen-bond acceptors (Lipinski definition) is 3. The molecule has 0 spiro atoms. The van der Waals surface area contributed by atoms with Crippen molar-refractivity contribution >= 4 is 17.7 Å². The Hall–Kier alpha value is -3.50. The number of nitriles is 1. The zero-order valence-corrected chi connectivity index (χ0v) is 14.2. The quantitative estimate of drug-likeness (QED) is 0.514. The van der Waals surface area contributed by atoms with E-state index in [0.29, 0.717) is 17.0 Å². The molecule has 0 bridgehead atoms. The highest BCUT2D eigenvalue weighted by molar-refractivity contribution is 6.10. The van der Waals surface area contributed by atoms with Gasteiger partial charge >= 0.3 is 0 Å². The minimum Gasteiger partial charge on any atom is -0.480 e. The lowest BCUT2D eigenvalue weighted by molar-refractivity contribution is -0.112. The fraction of sp³-hybridized carbons (Fsp3) is 0.143. The Morgan fingerprint density at radius 1 is 1.20 bits per heavy atom. The van der Waals surface area contributed by atoms with Crippen LogP contribution in [0.3, 0.4) is 0 Å². The summed E-state index contributed by atoms with van der Waals surface area (Å²) in [6, 6.07) is 14.8. The van der Waals surface area contributed by atoms with Crippen LogP contribution in [0.4, 0.5) is 5.69 Å². The molecule has 124 valence electrons. The van der Waals surface area contributed by atoms with Crippen molar-refractivity contribution in [1.82, 2.24) is 0 Å². The maximum atomic E-state index is 12.5. The summed E-state index contributed by atoms with van der Waals surface area (Å²) in [5.41, 5.74) is 3.18. The summed E-state index contributed by atoms with van der Waals surface area (Å²) in [6.45, 7) is 3.92. The molecule has 4 heteroatoms. The molecule has 0 aliphatic rings. The van der Waals surface area contributed by atoms with Crippen LogP contribution in [0.1, 0.15) is 16.7 Å². The zero-order valence-electron chi connectivity index (χ0n) is 14.2. The number of anilines is 1. The number of rotatable bonds is 5. The van der Waals surface area contributed by atoms with Gasteiger partial charge in [0.05, 0.1) is 0 Å². The molecule has 0 saturated heterocycles. The van der Waals surface area contributed by atoms with Gasteiger partial charge in [-0.2, -0.15) is 5.26 Å². The minimum absolute atomic E-state index is 0.0144. The van der Waals surface area contributed by atoms with Gasteiger partial charge < -0.3 is 10.1 Å². The summed E-state index contributed by atoms with van der Waals surface area (Å²) in [5, 5.41) is 12.2. The second-order valence-electron chi connectivity index (χ2n) is 5.42. The molecule has 25 heavy (non-hydrogen) atoms. The number of para-hydroxylation sites is 2. The number of nitrogens with zero attached hydrogens (tertiary/aromatic N) is 1. The Bertz CT molecular complexity index is 879. The van der Waals surface area contributed by atoms with Crippen LogP contribution in [0.2, 0.25) is 0 Å². The van der Waals surface area contributed by atoms with E-state index in [2.05, 4.69) is 11.2 Å². The van der Waals surface area contributed by atoms with E-state index < -0.39 is 5.91 Å². The highest BCUT2D eigenvalue weighted by atomic mass is 16.5. The number of terminal acetylenes is 1. The Balaban J connectivity index is 2.31. The fourth-order valence-corrected chi connectivity index (χ4v) is 2.35. The number of benzene rings is 2. The maximum Gasteiger partial charge on any atom is 0.266 e. The molecule has 0 aromatic heterocycles. The summed E-state index contributed by atoms with van der Waals surface area (Å²) in [7, 11) is 0. The average Bonchev–Trinajstić information content (AvgIpc) is 2.61. The topological polar surface area (TPSA) is 62.1 Å². The third-order valence-corrected chi connectivity index (χ3v) is 3.61. The number of ether oxygens (including phenoxy) is 1. The molecule has 1 amide bonds. The van der Waals surface area contributed by atoms with Gasteiger partial charge in [-0.3, -0.25) is 4.79 Å². The summed E-state index contributed by atoms with van der Waals surface area (Å²) < 4.78 is 5.45. The second-order valence-corrected chi connectivity index (χ2v) is 5.42. The summed E-state index contributed by atoms with van der Waals surface area (Å²) in [4.78, 5) is 12.5. The molecule has 0 fully saturated rings. The van der Waals surface area contributed by atoms with Crippen LogP contribution in [0.15, 0.2) is 48.0 Å². The van der Waals surface area contributed by atoms with Crippen molar-refractivity contribution in [2.75, 3.05) is 11.9 Å². The largest absolute Gasteiger partial charge is 0.480 e. The molecule has 2 rings (SSSR count). The van der Waals surface area contributed by atoms with Gasteiger partial charge in [0.2, 0.25) is 0 Å². The first kappa shape index (κ1) is 17.8. The SMILES string of the molecule is C#CCOc1ccccc1/C=C(\C#N)C(=O)Nc1c(C)cccc1C. The van der Waals surface area contributed by atoms with Crippen LogP contribution in [-0.4, -0.2) is 12.5 Å². The van der Waals surface area contributed by atoms with E-state index >= 15 is 0 Å². The van der Waals surface area contributed by atoms with Gasteiger partial charge in [0, 0.05) is 11.3 Å². The Kier molecular flexibility index (Phi) is 5.98. The molecular formula is C21H18N2O2. The van der Waals surface area contributed by atoms with Gasteiger partial charge in [0.1, 0.15) is 24.0 Å². The number of nitrogens with one attached hydrogen (secondary N) is 1. The van der Waals surface area contributed by atoms with E-state index in [-0.39, 0.29) is 12.2 Å². The van der Waals surface area contributed by atoms with E-state index in [1.807, 2.05) is 38.1 Å². The van der Waals surface area contributed by atoms with E-state index in [1.54, 1.807) is 24.3 Å². The normalized spacial score (nSPS) is 10.5. The highest BCUT2D eigenvalue weighted by Crippen LogP contribution is 2.23. The Morgan fingerprint density at radius 3 is 2.52 bits per heavy atom. The van der Waals surface area contributed by atoms with Crippen molar-refractivity contribution in [3.8, 4) is 24.2 Å². The number of aryl methyl sites for hydroxylation is 2. The van der Waals surface area contributed by atoms with E-state index in [1.165, 1.54) is 6.08 Å². The number of hydrogen-bond donors (Lipinski definition) is 1. The second kappa shape index (κ2) is 8.38. The van der Waals surface area contributed by atoms with Crippen molar-refractivity contribution in [1.29, 1.82) is 5.26 Å². The summed E-state index contributed by atoms with van der Waals surface area (Å²) in [5.74, 6) is 2.45. The molecule has 0 saturated carbocycles. The first-order valence-corrected chi connectivity index (χ1v) is 7.71. The van der Waals surface area contributed by atoms with Crippen molar-refractivity contribution in [3.05, 3.63) is 64.7 Å². The standard InChI is InChI=1S/C21H18N2O2/c1-4-12-25-19-11-6-5-10-17(19)13-18(14-22)21(24)23-20-15(2)8-7-9-16(20)3/h1,5-11,13H,12H2,2-3H3,(H,23,24)/b18-13+. The predicted molar refractivity (Wildman–Crippen MR) is 98.9 cm³/mol. The molecule has 2 aromatic carbocycles. The van der Waals surface area contributed by atoms with E-state index in [9.17, 15) is 10.1 Å². The predicted octanol–water partition coefficient (Wildman–Crippen LogP) is 3.86. The molecule has 0 atom stereocenters. The highest BCUT2D eigenvalue weighted by Gasteiger charge is 2.13. The fourth-order valence-electron chi connectivity index (χ4n) is 2.35. The van der Waals surface area contributed by atoms with E-state index in [4.69, 9.17) is 11.2 Å². The number of carbonyl (C=O) groups is 1. The molecule has 0 aliphatic carbocycles. The van der Waals surface area contributed by atoms with Crippen LogP contribution >= 0.6 is 0 Å².